The van der Waals surface area contributed by atoms with Crippen molar-refractivity contribution in [2.75, 3.05) is 13.1 Å². The maximum Gasteiger partial charge on any atom is 0.256 e. The van der Waals surface area contributed by atoms with Crippen LogP contribution in [0.3, 0.4) is 0 Å². The second-order valence-corrected chi connectivity index (χ2v) is 17.8. The van der Waals surface area contributed by atoms with Gasteiger partial charge >= 0.3 is 0 Å². The SMILES string of the molecule is Cc1sc(-c2ccc(Cl)cc2)nc1C1=C(O)C2(CCCCC2)CNC1=O.Cc1sc(-c2ccc(Cl)cc2)nc1CC(=O)NCC1(C(=O)C#CO)CCCCC1. The van der Waals surface area contributed by atoms with Crippen LogP contribution in [0, 0.1) is 36.7 Å². The molecule has 288 valence electrons. The molecular formula is C42H44Cl2N4O5S2. The van der Waals surface area contributed by atoms with E-state index in [4.69, 9.17) is 33.3 Å². The molecule has 1 spiro atoms. The summed E-state index contributed by atoms with van der Waals surface area (Å²) in [5.41, 5.74) is 2.58. The van der Waals surface area contributed by atoms with E-state index in [9.17, 15) is 19.5 Å². The average Bonchev–Trinajstić information content (AvgIpc) is 3.75. The van der Waals surface area contributed by atoms with E-state index in [0.717, 1.165) is 81.5 Å². The van der Waals surface area contributed by atoms with Crippen molar-refractivity contribution in [3.63, 3.8) is 0 Å². The number of nitrogens with one attached hydrogen (secondary N) is 2. The molecule has 4 aromatic rings. The number of amides is 2. The Kier molecular flexibility index (Phi) is 13.0. The number of ketones is 1. The van der Waals surface area contributed by atoms with Crippen molar-refractivity contribution >= 4 is 69.0 Å². The average molecular weight is 820 g/mol. The van der Waals surface area contributed by atoms with Crippen LogP contribution in [0.2, 0.25) is 10.0 Å². The Labute approximate surface area is 339 Å². The van der Waals surface area contributed by atoms with Crippen LogP contribution in [0.1, 0.15) is 85.4 Å². The third-order valence-electron chi connectivity index (χ3n) is 10.9. The summed E-state index contributed by atoms with van der Waals surface area (Å²) in [6.45, 7) is 4.66. The first-order valence-electron chi connectivity index (χ1n) is 18.6. The van der Waals surface area contributed by atoms with Gasteiger partial charge in [0, 0.05) is 55.4 Å². The van der Waals surface area contributed by atoms with Gasteiger partial charge in [-0.1, -0.05) is 86.0 Å². The van der Waals surface area contributed by atoms with Gasteiger partial charge in [-0.3, -0.25) is 14.4 Å². The first kappa shape index (κ1) is 40.5. The number of hydrogen-bond acceptors (Lipinski definition) is 9. The molecule has 2 fully saturated rings. The van der Waals surface area contributed by atoms with E-state index in [2.05, 4.69) is 21.5 Å². The van der Waals surface area contributed by atoms with Gasteiger partial charge in [0.15, 0.2) is 0 Å². The summed E-state index contributed by atoms with van der Waals surface area (Å²) in [5, 5.41) is 28.8. The van der Waals surface area contributed by atoms with Crippen LogP contribution in [-0.2, 0) is 20.8 Å². The molecule has 0 bridgehead atoms. The van der Waals surface area contributed by atoms with Gasteiger partial charge in [-0.2, -0.15) is 0 Å². The third kappa shape index (κ3) is 9.26. The number of rotatable bonds is 8. The third-order valence-corrected chi connectivity index (χ3v) is 13.5. The Morgan fingerprint density at radius 2 is 1.38 bits per heavy atom. The number of Topliss-reactive ketones (excluding diaryl/α,β-unsaturated/α-hetero) is 1. The van der Waals surface area contributed by atoms with Crippen molar-refractivity contribution in [1.82, 2.24) is 20.6 Å². The number of aliphatic hydroxyl groups excluding tert-OH is 2. The predicted molar refractivity (Wildman–Crippen MR) is 220 cm³/mol. The zero-order chi connectivity index (χ0) is 39.2. The van der Waals surface area contributed by atoms with Crippen molar-refractivity contribution in [2.45, 2.75) is 84.5 Å². The predicted octanol–water partition coefficient (Wildman–Crippen LogP) is 9.40. The Balaban J connectivity index is 0.000000188. The lowest BCUT2D eigenvalue weighted by molar-refractivity contribution is -0.126. The van der Waals surface area contributed by atoms with E-state index in [1.807, 2.05) is 62.4 Å². The first-order chi connectivity index (χ1) is 26.4. The van der Waals surface area contributed by atoms with E-state index in [1.54, 1.807) is 6.11 Å². The maximum absolute atomic E-state index is 12.6. The minimum absolute atomic E-state index is 0.159. The summed E-state index contributed by atoms with van der Waals surface area (Å²) in [5.74, 6) is 1.80. The van der Waals surface area contributed by atoms with Gasteiger partial charge < -0.3 is 20.8 Å². The van der Waals surface area contributed by atoms with Crippen molar-refractivity contribution in [1.29, 1.82) is 0 Å². The number of carbonyl (C=O) groups excluding carboxylic acids is 3. The second-order valence-electron chi connectivity index (χ2n) is 14.6. The summed E-state index contributed by atoms with van der Waals surface area (Å²) >= 11 is 15.0. The highest BCUT2D eigenvalue weighted by Crippen LogP contribution is 2.46. The number of nitrogens with zero attached hydrogens (tertiary/aromatic N) is 2. The van der Waals surface area contributed by atoms with Gasteiger partial charge in [-0.05, 0) is 63.8 Å². The summed E-state index contributed by atoms with van der Waals surface area (Å²) < 4.78 is 0. The van der Waals surface area contributed by atoms with Gasteiger partial charge in [-0.25, -0.2) is 9.97 Å². The minimum Gasteiger partial charge on any atom is -0.511 e. The largest absolute Gasteiger partial charge is 0.511 e. The highest BCUT2D eigenvalue weighted by Gasteiger charge is 2.44. The van der Waals surface area contributed by atoms with E-state index in [0.29, 0.717) is 40.7 Å². The topological polar surface area (TPSA) is 142 Å². The molecule has 7 rings (SSSR count). The van der Waals surface area contributed by atoms with Crippen LogP contribution in [0.25, 0.3) is 26.7 Å². The molecule has 3 aliphatic rings. The number of thiazole rings is 2. The van der Waals surface area contributed by atoms with Crippen molar-refractivity contribution in [3.05, 3.63) is 85.5 Å². The summed E-state index contributed by atoms with van der Waals surface area (Å²) in [7, 11) is 0. The fourth-order valence-electron chi connectivity index (χ4n) is 7.69. The summed E-state index contributed by atoms with van der Waals surface area (Å²) in [6, 6.07) is 14.9. The summed E-state index contributed by atoms with van der Waals surface area (Å²) in [6.07, 6.45) is 11.3. The van der Waals surface area contributed by atoms with Crippen LogP contribution in [0.4, 0.5) is 0 Å². The zero-order valence-corrected chi connectivity index (χ0v) is 34.0. The van der Waals surface area contributed by atoms with Crippen LogP contribution >= 0.6 is 45.9 Å². The van der Waals surface area contributed by atoms with Crippen LogP contribution in [0.15, 0.2) is 54.3 Å². The Bertz CT molecular complexity index is 2140. The lowest BCUT2D eigenvalue weighted by atomic mass is 9.69. The zero-order valence-electron chi connectivity index (χ0n) is 30.9. The molecule has 3 heterocycles. The quantitative estimate of drug-likeness (QED) is 0.130. The second kappa shape index (κ2) is 17.7. The van der Waals surface area contributed by atoms with Crippen molar-refractivity contribution in [3.8, 4) is 33.2 Å². The Morgan fingerprint density at radius 3 is 1.96 bits per heavy atom. The molecule has 2 amide bonds. The minimum atomic E-state index is -0.699. The number of aryl methyl sites for hydroxylation is 2. The van der Waals surface area contributed by atoms with E-state index in [-0.39, 0.29) is 41.7 Å². The fraction of sp³-hybridized carbons (Fsp3) is 0.405. The lowest BCUT2D eigenvalue weighted by Crippen LogP contribution is -2.46. The molecule has 2 aliphatic carbocycles. The van der Waals surface area contributed by atoms with Crippen molar-refractivity contribution < 1.29 is 24.6 Å². The van der Waals surface area contributed by atoms with Crippen molar-refractivity contribution in [2.24, 2.45) is 10.8 Å². The number of aromatic nitrogens is 2. The summed E-state index contributed by atoms with van der Waals surface area (Å²) in [4.78, 5) is 48.8. The van der Waals surface area contributed by atoms with Crippen LogP contribution < -0.4 is 10.6 Å². The van der Waals surface area contributed by atoms with E-state index < -0.39 is 5.41 Å². The molecule has 0 saturated heterocycles. The Hall–Kier alpha value is -4.21. The molecule has 0 radical (unpaired) electrons. The van der Waals surface area contributed by atoms with Gasteiger partial charge in [-0.15, -0.1) is 22.7 Å². The Morgan fingerprint density at radius 1 is 0.836 bits per heavy atom. The van der Waals surface area contributed by atoms with Crippen LogP contribution in [-0.4, -0.2) is 50.9 Å². The number of benzene rings is 2. The molecule has 0 atom stereocenters. The fourth-order valence-corrected chi connectivity index (χ4v) is 9.80. The molecule has 55 heavy (non-hydrogen) atoms. The standard InChI is InChI=1S/C22H23ClN2O3S.C20H21ClN2O2S/c1-15-18(25-21(29-15)16-5-7-17(23)8-6-16)13-20(28)24-14-22(19(27)9-12-26)10-3-2-4-11-22;1-12-16(23-19(26-12)13-5-7-14(21)8-6-13)15-17(24)20(11-22-18(15)25)9-3-2-4-10-20/h5-8,26H,2-4,10-11,13-14H2,1H3,(H,24,28);5-8,24H,2-4,9-11H2,1H3,(H,22,25). The normalized spacial score (nSPS) is 17.3. The molecule has 1 aliphatic heterocycles. The highest BCUT2D eigenvalue weighted by atomic mass is 35.5. The molecule has 2 saturated carbocycles. The van der Waals surface area contributed by atoms with E-state index in [1.165, 1.54) is 29.1 Å². The number of carbonyl (C=O) groups is 3. The molecule has 2 aromatic carbocycles. The molecule has 0 unspecified atom stereocenters. The first-order valence-corrected chi connectivity index (χ1v) is 21.0. The molecule has 13 heteroatoms. The smallest absolute Gasteiger partial charge is 0.256 e. The van der Waals surface area contributed by atoms with Gasteiger partial charge in [0.05, 0.1) is 23.2 Å². The molecule has 9 nitrogen and oxygen atoms in total. The molecule has 4 N–H and O–H groups in total. The maximum atomic E-state index is 12.6. The van der Waals surface area contributed by atoms with Crippen LogP contribution in [0.5, 0.6) is 0 Å². The number of aliphatic hydroxyl groups is 2. The molecular weight excluding hydrogens is 776 g/mol. The lowest BCUT2D eigenvalue weighted by Gasteiger charge is -2.40. The van der Waals surface area contributed by atoms with Gasteiger partial charge in [0.2, 0.25) is 11.7 Å². The van der Waals surface area contributed by atoms with Gasteiger partial charge in [0.1, 0.15) is 27.5 Å². The highest BCUT2D eigenvalue weighted by molar-refractivity contribution is 7.15. The van der Waals surface area contributed by atoms with Gasteiger partial charge in [0.25, 0.3) is 5.91 Å². The van der Waals surface area contributed by atoms with E-state index >= 15 is 0 Å². The number of hydrogen-bond donors (Lipinski definition) is 4. The number of halogens is 2. The monoisotopic (exact) mass is 818 g/mol. The molecule has 2 aromatic heterocycles.